The molecule has 2 amide bonds. The van der Waals surface area contributed by atoms with Crippen molar-refractivity contribution in [3.8, 4) is 0 Å². The van der Waals surface area contributed by atoms with Crippen molar-refractivity contribution in [1.82, 2.24) is 9.80 Å². The Balaban J connectivity index is 1.79. The number of benzene rings is 1. The second-order valence-electron chi connectivity index (χ2n) is 7.17. The Morgan fingerprint density at radius 2 is 1.76 bits per heavy atom. The smallest absolute Gasteiger partial charge is 0.410 e. The highest BCUT2D eigenvalue weighted by molar-refractivity contribution is 6.31. The molecular formula is C18H26ClN3O3. The van der Waals surface area contributed by atoms with Gasteiger partial charge in [0.05, 0.1) is 6.54 Å². The van der Waals surface area contributed by atoms with Crippen molar-refractivity contribution in [2.45, 2.75) is 33.3 Å². The van der Waals surface area contributed by atoms with Crippen molar-refractivity contribution in [3.05, 3.63) is 28.8 Å². The van der Waals surface area contributed by atoms with Crippen molar-refractivity contribution in [1.29, 1.82) is 0 Å². The first-order chi connectivity index (χ1) is 11.7. The van der Waals surface area contributed by atoms with E-state index in [-0.39, 0.29) is 18.5 Å². The van der Waals surface area contributed by atoms with E-state index in [1.54, 1.807) is 9.80 Å². The molecule has 1 aliphatic rings. The van der Waals surface area contributed by atoms with Crippen molar-refractivity contribution in [2.75, 3.05) is 38.0 Å². The molecule has 2 rings (SSSR count). The lowest BCUT2D eigenvalue weighted by atomic mass is 10.2. The first kappa shape index (κ1) is 19.4. The zero-order valence-electron chi connectivity index (χ0n) is 15.3. The minimum absolute atomic E-state index is 0.000496. The molecule has 0 radical (unpaired) electrons. The van der Waals surface area contributed by atoms with Crippen molar-refractivity contribution >= 4 is 29.3 Å². The van der Waals surface area contributed by atoms with E-state index >= 15 is 0 Å². The molecule has 1 N–H and O–H groups in total. The van der Waals surface area contributed by atoms with E-state index in [1.165, 1.54) is 0 Å². The first-order valence-corrected chi connectivity index (χ1v) is 8.79. The van der Waals surface area contributed by atoms with Gasteiger partial charge >= 0.3 is 6.09 Å². The summed E-state index contributed by atoms with van der Waals surface area (Å²) >= 11 is 6.08. The summed E-state index contributed by atoms with van der Waals surface area (Å²) in [6.07, 6.45) is -0.327. The molecule has 0 unspecified atom stereocenters. The highest BCUT2D eigenvalue weighted by atomic mass is 35.5. The Morgan fingerprint density at radius 1 is 1.16 bits per heavy atom. The number of nitrogens with zero attached hydrogens (tertiary/aromatic N) is 2. The third-order valence-electron chi connectivity index (χ3n) is 3.90. The number of rotatable bonds is 3. The Hall–Kier alpha value is -1.95. The fourth-order valence-electron chi connectivity index (χ4n) is 2.46. The molecule has 138 valence electrons. The SMILES string of the molecule is Cc1ccc(NCC(=O)N2CCN(C(=O)OC(C)(C)C)CC2)cc1Cl. The third-order valence-corrected chi connectivity index (χ3v) is 4.31. The molecule has 6 nitrogen and oxygen atoms in total. The van der Waals surface area contributed by atoms with Crippen LogP contribution in [-0.4, -0.2) is 60.1 Å². The van der Waals surface area contributed by atoms with E-state index in [0.29, 0.717) is 31.2 Å². The van der Waals surface area contributed by atoms with Crippen LogP contribution >= 0.6 is 11.6 Å². The van der Waals surface area contributed by atoms with Gasteiger partial charge in [-0.1, -0.05) is 17.7 Å². The van der Waals surface area contributed by atoms with Gasteiger partial charge in [0.25, 0.3) is 0 Å². The molecule has 0 bridgehead atoms. The number of halogens is 1. The predicted octanol–water partition coefficient (Wildman–Crippen LogP) is 3.14. The molecule has 0 atom stereocenters. The maximum atomic E-state index is 12.3. The number of amides is 2. The zero-order valence-corrected chi connectivity index (χ0v) is 16.0. The second-order valence-corrected chi connectivity index (χ2v) is 7.57. The number of nitrogens with one attached hydrogen (secondary N) is 1. The summed E-state index contributed by atoms with van der Waals surface area (Å²) in [5.74, 6) is 0.000496. The van der Waals surface area contributed by atoms with Gasteiger partial charge in [-0.2, -0.15) is 0 Å². The molecule has 1 aliphatic heterocycles. The van der Waals surface area contributed by atoms with Gasteiger partial charge in [-0.3, -0.25) is 4.79 Å². The average Bonchev–Trinajstić information content (AvgIpc) is 2.54. The van der Waals surface area contributed by atoms with Crippen LogP contribution in [0.3, 0.4) is 0 Å². The van der Waals surface area contributed by atoms with Crippen molar-refractivity contribution < 1.29 is 14.3 Å². The Labute approximate surface area is 154 Å². The number of ether oxygens (including phenoxy) is 1. The molecule has 1 aromatic rings. The van der Waals surface area contributed by atoms with Gasteiger partial charge < -0.3 is 19.9 Å². The van der Waals surface area contributed by atoms with Gasteiger partial charge in [0.15, 0.2) is 0 Å². The summed E-state index contributed by atoms with van der Waals surface area (Å²) in [4.78, 5) is 27.8. The lowest BCUT2D eigenvalue weighted by Crippen LogP contribution is -2.52. The molecular weight excluding hydrogens is 342 g/mol. The van der Waals surface area contributed by atoms with Crippen LogP contribution in [0.2, 0.25) is 5.02 Å². The molecule has 1 fully saturated rings. The molecule has 7 heteroatoms. The standard InChI is InChI=1S/C18H26ClN3O3/c1-13-5-6-14(11-15(13)19)20-12-16(23)21-7-9-22(10-8-21)17(24)25-18(2,3)4/h5-6,11,20H,7-10,12H2,1-4H3. The van der Waals surface area contributed by atoms with Crippen LogP contribution in [0.1, 0.15) is 26.3 Å². The molecule has 0 saturated carbocycles. The van der Waals surface area contributed by atoms with Crippen LogP contribution in [0.15, 0.2) is 18.2 Å². The highest BCUT2D eigenvalue weighted by Crippen LogP contribution is 2.20. The second kappa shape index (κ2) is 7.95. The van der Waals surface area contributed by atoms with Crippen LogP contribution in [0.5, 0.6) is 0 Å². The minimum Gasteiger partial charge on any atom is -0.444 e. The summed E-state index contributed by atoms with van der Waals surface area (Å²) < 4.78 is 5.36. The topological polar surface area (TPSA) is 61.9 Å². The van der Waals surface area contributed by atoms with Crippen molar-refractivity contribution in [3.63, 3.8) is 0 Å². The number of piperazine rings is 1. The quantitative estimate of drug-likeness (QED) is 0.891. The van der Waals surface area contributed by atoms with Gasteiger partial charge in [-0.15, -0.1) is 0 Å². The summed E-state index contributed by atoms with van der Waals surface area (Å²) in [5, 5.41) is 3.76. The van der Waals surface area contributed by atoms with Gasteiger partial charge in [0.1, 0.15) is 5.60 Å². The average molecular weight is 368 g/mol. The number of carbonyl (C=O) groups is 2. The van der Waals surface area contributed by atoms with E-state index < -0.39 is 5.60 Å². The van der Waals surface area contributed by atoms with E-state index in [4.69, 9.17) is 16.3 Å². The van der Waals surface area contributed by atoms with Gasteiger partial charge in [0.2, 0.25) is 5.91 Å². The van der Waals surface area contributed by atoms with E-state index in [2.05, 4.69) is 5.32 Å². The molecule has 0 aromatic heterocycles. The van der Waals surface area contributed by atoms with Gasteiger partial charge in [0, 0.05) is 36.9 Å². The summed E-state index contributed by atoms with van der Waals surface area (Å²) in [5.41, 5.74) is 1.30. The van der Waals surface area contributed by atoms with E-state index in [1.807, 2.05) is 45.9 Å². The maximum Gasteiger partial charge on any atom is 0.410 e. The van der Waals surface area contributed by atoms with Crippen LogP contribution in [0.25, 0.3) is 0 Å². The third kappa shape index (κ3) is 5.81. The van der Waals surface area contributed by atoms with Crippen molar-refractivity contribution in [2.24, 2.45) is 0 Å². The predicted molar refractivity (Wildman–Crippen MR) is 99.1 cm³/mol. The number of hydrogen-bond acceptors (Lipinski definition) is 4. The first-order valence-electron chi connectivity index (χ1n) is 8.41. The highest BCUT2D eigenvalue weighted by Gasteiger charge is 2.27. The Kier molecular flexibility index (Phi) is 6.16. The van der Waals surface area contributed by atoms with E-state index in [0.717, 1.165) is 11.3 Å². The lowest BCUT2D eigenvalue weighted by Gasteiger charge is -2.35. The van der Waals surface area contributed by atoms with Crippen LogP contribution in [0.4, 0.5) is 10.5 Å². The Bertz CT molecular complexity index is 635. The Morgan fingerprint density at radius 3 is 2.32 bits per heavy atom. The fourth-order valence-corrected chi connectivity index (χ4v) is 2.64. The minimum atomic E-state index is -0.511. The van der Waals surface area contributed by atoms with Gasteiger partial charge in [-0.05, 0) is 45.4 Å². The van der Waals surface area contributed by atoms with Crippen LogP contribution in [-0.2, 0) is 9.53 Å². The summed E-state index contributed by atoms with van der Waals surface area (Å²) in [7, 11) is 0. The monoisotopic (exact) mass is 367 g/mol. The molecule has 1 heterocycles. The van der Waals surface area contributed by atoms with Crippen LogP contribution in [0, 0.1) is 6.92 Å². The number of carbonyl (C=O) groups excluding carboxylic acids is 2. The van der Waals surface area contributed by atoms with Crippen LogP contribution < -0.4 is 5.32 Å². The fraction of sp³-hybridized carbons (Fsp3) is 0.556. The lowest BCUT2D eigenvalue weighted by molar-refractivity contribution is -0.131. The van der Waals surface area contributed by atoms with Gasteiger partial charge in [-0.25, -0.2) is 4.79 Å². The molecule has 1 saturated heterocycles. The largest absolute Gasteiger partial charge is 0.444 e. The zero-order chi connectivity index (χ0) is 18.6. The normalized spacial score (nSPS) is 15.1. The van der Waals surface area contributed by atoms with E-state index in [9.17, 15) is 9.59 Å². The number of anilines is 1. The number of hydrogen-bond donors (Lipinski definition) is 1. The molecule has 1 aromatic carbocycles. The maximum absolute atomic E-state index is 12.3. The molecule has 0 spiro atoms. The number of aryl methyl sites for hydroxylation is 1. The molecule has 25 heavy (non-hydrogen) atoms. The summed E-state index contributed by atoms with van der Waals surface area (Å²) in [6.45, 7) is 9.64. The summed E-state index contributed by atoms with van der Waals surface area (Å²) in [6, 6.07) is 5.62. The molecule has 0 aliphatic carbocycles.